The lowest BCUT2D eigenvalue weighted by atomic mass is 10.1. The van der Waals surface area contributed by atoms with Gasteiger partial charge in [0, 0.05) is 9.35 Å². The first-order valence-electron chi connectivity index (χ1n) is 6.86. The van der Waals surface area contributed by atoms with Crippen molar-refractivity contribution in [3.05, 3.63) is 48.8 Å². The minimum absolute atomic E-state index is 0.157. The van der Waals surface area contributed by atoms with Crippen LogP contribution in [-0.2, 0) is 12.8 Å². The second-order valence-corrected chi connectivity index (χ2v) is 7.32. The number of nitrogens with one attached hydrogen (secondary N) is 1. The molecule has 0 fully saturated rings. The molecule has 0 radical (unpaired) electrons. The minimum atomic E-state index is 0.157. The summed E-state index contributed by atoms with van der Waals surface area (Å²) in [5, 5.41) is 5.45. The molecular weight excluding hydrogens is 356 g/mol. The predicted molar refractivity (Wildman–Crippen MR) is 88.8 cm³/mol. The van der Waals surface area contributed by atoms with Crippen molar-refractivity contribution in [1.29, 1.82) is 0 Å². The average Bonchev–Trinajstić information content (AvgIpc) is 3.00. The molecule has 0 spiro atoms. The number of rotatable bonds is 4. The highest BCUT2D eigenvalue weighted by atomic mass is 79.9. The highest BCUT2D eigenvalue weighted by Gasteiger charge is 2.23. The van der Waals surface area contributed by atoms with Crippen LogP contribution in [0.5, 0.6) is 0 Å². The van der Waals surface area contributed by atoms with Gasteiger partial charge in [0.25, 0.3) is 0 Å². The van der Waals surface area contributed by atoms with Crippen molar-refractivity contribution in [2.75, 3.05) is 6.54 Å². The molecule has 0 saturated carbocycles. The van der Waals surface area contributed by atoms with E-state index in [1.165, 1.54) is 34.0 Å². The molecule has 0 amide bonds. The third-order valence-corrected chi connectivity index (χ3v) is 5.98. The molecule has 1 aliphatic carbocycles. The van der Waals surface area contributed by atoms with Gasteiger partial charge in [-0.15, -0.1) is 11.3 Å². The average molecular weight is 372 g/mol. The van der Waals surface area contributed by atoms with Crippen molar-refractivity contribution in [3.63, 3.8) is 0 Å². The number of nitrogens with zero attached hydrogens (tertiary/aromatic N) is 1. The van der Waals surface area contributed by atoms with Gasteiger partial charge in [-0.1, -0.05) is 24.6 Å². The molecule has 106 valence electrons. The Bertz CT molecular complexity index is 605. The molecule has 1 heterocycles. The largest absolute Gasteiger partial charge is 0.305 e. The molecule has 1 atom stereocenters. The van der Waals surface area contributed by atoms with E-state index in [1.807, 2.05) is 17.4 Å². The molecule has 0 saturated heterocycles. The monoisotopic (exact) mass is 370 g/mol. The molecular formula is C15H16BrClN2S. The van der Waals surface area contributed by atoms with Crippen LogP contribution in [0.2, 0.25) is 5.02 Å². The maximum Gasteiger partial charge on any atom is 0.115 e. The molecule has 5 heteroatoms. The van der Waals surface area contributed by atoms with E-state index in [4.69, 9.17) is 16.6 Å². The summed E-state index contributed by atoms with van der Waals surface area (Å²) in [5.41, 5.74) is 2.51. The number of fused-ring (bicyclic) bond motifs is 1. The van der Waals surface area contributed by atoms with E-state index < -0.39 is 0 Å². The molecule has 2 nitrogen and oxygen atoms in total. The van der Waals surface area contributed by atoms with Crippen LogP contribution in [0.1, 0.15) is 40.5 Å². The van der Waals surface area contributed by atoms with Gasteiger partial charge in [-0.2, -0.15) is 0 Å². The fourth-order valence-corrected chi connectivity index (χ4v) is 4.35. The summed E-state index contributed by atoms with van der Waals surface area (Å²) in [6, 6.07) is 6.26. The third-order valence-electron chi connectivity index (χ3n) is 3.54. The molecule has 1 aromatic carbocycles. The van der Waals surface area contributed by atoms with Crippen molar-refractivity contribution < 1.29 is 0 Å². The van der Waals surface area contributed by atoms with Gasteiger partial charge in [-0.05, 0) is 59.4 Å². The van der Waals surface area contributed by atoms with Gasteiger partial charge in [0.2, 0.25) is 0 Å². The lowest BCUT2D eigenvalue weighted by molar-refractivity contribution is 0.625. The molecule has 3 rings (SSSR count). The topological polar surface area (TPSA) is 24.9 Å². The van der Waals surface area contributed by atoms with Crippen LogP contribution >= 0.6 is 38.9 Å². The SMILES string of the molecule is CCNC(c1ccc(Cl)c(Br)c1)c1nc2c(s1)CCC2. The Kier molecular flexibility index (Phi) is 4.46. The Morgan fingerprint density at radius 3 is 3.00 bits per heavy atom. The normalized spacial score (nSPS) is 15.3. The summed E-state index contributed by atoms with van der Waals surface area (Å²) < 4.78 is 0.934. The van der Waals surface area contributed by atoms with Crippen molar-refractivity contribution in [2.24, 2.45) is 0 Å². The smallest absolute Gasteiger partial charge is 0.115 e. The second-order valence-electron chi connectivity index (χ2n) is 4.94. The summed E-state index contributed by atoms with van der Waals surface area (Å²) in [4.78, 5) is 6.31. The van der Waals surface area contributed by atoms with Crippen LogP contribution < -0.4 is 5.32 Å². The Morgan fingerprint density at radius 2 is 2.30 bits per heavy atom. The number of benzene rings is 1. The summed E-state index contributed by atoms with van der Waals surface area (Å²) >= 11 is 11.4. The van der Waals surface area contributed by atoms with E-state index in [0.717, 1.165) is 22.5 Å². The first-order valence-corrected chi connectivity index (χ1v) is 8.84. The molecule has 1 N–H and O–H groups in total. The van der Waals surface area contributed by atoms with E-state index in [-0.39, 0.29) is 6.04 Å². The molecule has 0 bridgehead atoms. The highest BCUT2D eigenvalue weighted by molar-refractivity contribution is 9.10. The molecule has 1 aromatic heterocycles. The number of thiazole rings is 1. The van der Waals surface area contributed by atoms with Gasteiger partial charge in [0.1, 0.15) is 5.01 Å². The highest BCUT2D eigenvalue weighted by Crippen LogP contribution is 2.35. The van der Waals surface area contributed by atoms with Crippen LogP contribution in [-0.4, -0.2) is 11.5 Å². The zero-order chi connectivity index (χ0) is 14.1. The van der Waals surface area contributed by atoms with Crippen LogP contribution in [0.3, 0.4) is 0 Å². The Labute approximate surface area is 136 Å². The number of aryl methyl sites for hydroxylation is 2. The van der Waals surface area contributed by atoms with Gasteiger partial charge in [-0.25, -0.2) is 4.98 Å². The van der Waals surface area contributed by atoms with Gasteiger partial charge in [-0.3, -0.25) is 0 Å². The number of aromatic nitrogens is 1. The van der Waals surface area contributed by atoms with Gasteiger partial charge in [0.15, 0.2) is 0 Å². The van der Waals surface area contributed by atoms with E-state index in [2.05, 4.69) is 40.3 Å². The molecule has 0 aliphatic heterocycles. The van der Waals surface area contributed by atoms with Crippen molar-refractivity contribution in [1.82, 2.24) is 10.3 Å². The van der Waals surface area contributed by atoms with Gasteiger partial charge < -0.3 is 5.32 Å². The molecule has 1 unspecified atom stereocenters. The Morgan fingerprint density at radius 1 is 1.45 bits per heavy atom. The van der Waals surface area contributed by atoms with Crippen molar-refractivity contribution in [2.45, 2.75) is 32.2 Å². The van der Waals surface area contributed by atoms with Crippen molar-refractivity contribution >= 4 is 38.9 Å². The standard InChI is InChI=1S/C15H16BrClN2S/c1-2-18-14(9-6-7-11(17)10(16)8-9)15-19-12-4-3-5-13(12)20-15/h6-8,14,18H,2-5H2,1H3. The lowest BCUT2D eigenvalue weighted by Crippen LogP contribution is -2.22. The van der Waals surface area contributed by atoms with E-state index in [9.17, 15) is 0 Å². The summed E-state index contributed by atoms with van der Waals surface area (Å²) in [7, 11) is 0. The van der Waals surface area contributed by atoms with E-state index in [1.54, 1.807) is 0 Å². The summed E-state index contributed by atoms with van der Waals surface area (Å²) in [5.74, 6) is 0. The van der Waals surface area contributed by atoms with E-state index >= 15 is 0 Å². The van der Waals surface area contributed by atoms with E-state index in [0.29, 0.717) is 0 Å². The van der Waals surface area contributed by atoms with Gasteiger partial charge >= 0.3 is 0 Å². The van der Waals surface area contributed by atoms with Crippen LogP contribution in [0.25, 0.3) is 0 Å². The predicted octanol–water partition coefficient (Wildman–Crippen LogP) is 4.75. The maximum absolute atomic E-state index is 6.09. The fourth-order valence-electron chi connectivity index (χ4n) is 2.58. The maximum atomic E-state index is 6.09. The molecule has 1 aliphatic rings. The lowest BCUT2D eigenvalue weighted by Gasteiger charge is -2.16. The summed E-state index contributed by atoms with van der Waals surface area (Å²) in [6.45, 7) is 3.04. The van der Waals surface area contributed by atoms with Crippen LogP contribution in [0, 0.1) is 0 Å². The van der Waals surface area contributed by atoms with Crippen LogP contribution in [0.15, 0.2) is 22.7 Å². The Hall–Kier alpha value is -0.420. The Balaban J connectivity index is 1.96. The number of halogens is 2. The zero-order valence-electron chi connectivity index (χ0n) is 11.2. The molecule has 20 heavy (non-hydrogen) atoms. The second kappa shape index (κ2) is 6.14. The van der Waals surface area contributed by atoms with Gasteiger partial charge in [0.05, 0.1) is 16.8 Å². The van der Waals surface area contributed by atoms with Crippen molar-refractivity contribution in [3.8, 4) is 0 Å². The number of hydrogen-bond donors (Lipinski definition) is 1. The fraction of sp³-hybridized carbons (Fsp3) is 0.400. The third kappa shape index (κ3) is 2.80. The summed E-state index contributed by atoms with van der Waals surface area (Å²) in [6.07, 6.45) is 3.58. The zero-order valence-corrected chi connectivity index (χ0v) is 14.4. The molecule has 2 aromatic rings. The first kappa shape index (κ1) is 14.5. The van der Waals surface area contributed by atoms with Crippen LogP contribution in [0.4, 0.5) is 0 Å². The minimum Gasteiger partial charge on any atom is -0.305 e. The first-order chi connectivity index (χ1) is 9.69. The number of hydrogen-bond acceptors (Lipinski definition) is 3. The quantitative estimate of drug-likeness (QED) is 0.839.